The predicted octanol–water partition coefficient (Wildman–Crippen LogP) is 3.65. The maximum absolute atomic E-state index is 13.6. The van der Waals surface area contributed by atoms with Gasteiger partial charge in [0.1, 0.15) is 11.6 Å². The summed E-state index contributed by atoms with van der Waals surface area (Å²) < 4.78 is 20.6. The molecule has 0 saturated carbocycles. The van der Waals surface area contributed by atoms with Crippen LogP contribution in [0, 0.1) is 5.82 Å². The average molecular weight is 305 g/mol. The molecule has 6 heteroatoms. The van der Waals surface area contributed by atoms with Crippen LogP contribution in [0.15, 0.2) is 12.1 Å². The Bertz CT molecular complexity index is 571. The van der Waals surface area contributed by atoms with Gasteiger partial charge < -0.3 is 9.30 Å². The van der Waals surface area contributed by atoms with Crippen molar-refractivity contribution in [3.63, 3.8) is 0 Å². The van der Waals surface area contributed by atoms with Gasteiger partial charge in [0, 0.05) is 38.6 Å². The van der Waals surface area contributed by atoms with Crippen molar-refractivity contribution in [1.29, 1.82) is 0 Å². The number of halogens is 3. The van der Waals surface area contributed by atoms with Crippen LogP contribution in [0.4, 0.5) is 4.39 Å². The van der Waals surface area contributed by atoms with Crippen molar-refractivity contribution >= 4 is 34.2 Å². The molecule has 0 aliphatic heterocycles. The van der Waals surface area contributed by atoms with Gasteiger partial charge in [-0.3, -0.25) is 0 Å². The number of methoxy groups -OCH3 is 1. The first kappa shape index (κ1) is 14.6. The molecule has 0 fully saturated rings. The van der Waals surface area contributed by atoms with Gasteiger partial charge in [-0.2, -0.15) is 0 Å². The second-order valence-electron chi connectivity index (χ2n) is 4.22. The number of benzene rings is 1. The van der Waals surface area contributed by atoms with Gasteiger partial charge in [-0.25, -0.2) is 9.37 Å². The number of hydrogen-bond donors (Lipinski definition) is 0. The minimum atomic E-state index is -0.431. The predicted molar refractivity (Wildman–Crippen MR) is 75.6 cm³/mol. The lowest BCUT2D eigenvalue weighted by molar-refractivity contribution is 0.190. The van der Waals surface area contributed by atoms with Crippen LogP contribution in [0.2, 0.25) is 5.02 Å². The zero-order valence-electron chi connectivity index (χ0n) is 10.6. The number of nitrogens with zero attached hydrogens (tertiary/aromatic N) is 2. The highest BCUT2D eigenvalue weighted by Crippen LogP contribution is 2.24. The molecule has 0 N–H and O–H groups in total. The Hall–Kier alpha value is -0.840. The van der Waals surface area contributed by atoms with Crippen molar-refractivity contribution in [3.05, 3.63) is 28.8 Å². The van der Waals surface area contributed by atoms with Crippen LogP contribution >= 0.6 is 23.2 Å². The highest BCUT2D eigenvalue weighted by Gasteiger charge is 2.13. The molecule has 3 nitrogen and oxygen atoms in total. The summed E-state index contributed by atoms with van der Waals surface area (Å²) in [5, 5.41) is 0.0893. The summed E-state index contributed by atoms with van der Waals surface area (Å²) in [5.41, 5.74) is 1.45. The monoisotopic (exact) mass is 304 g/mol. The molecular formula is C13H15Cl2FN2O. The first-order chi connectivity index (χ1) is 9.17. The molecule has 1 heterocycles. The van der Waals surface area contributed by atoms with Gasteiger partial charge in [-0.1, -0.05) is 11.6 Å². The molecular weight excluding hydrogens is 290 g/mol. The van der Waals surface area contributed by atoms with Crippen molar-refractivity contribution in [3.8, 4) is 0 Å². The highest BCUT2D eigenvalue weighted by molar-refractivity contribution is 6.31. The second-order valence-corrected chi connectivity index (χ2v) is 5.01. The van der Waals surface area contributed by atoms with E-state index >= 15 is 0 Å². The maximum atomic E-state index is 13.6. The fourth-order valence-corrected chi connectivity index (χ4v) is 2.39. The average Bonchev–Trinajstić information content (AvgIpc) is 2.69. The molecule has 1 aromatic heterocycles. The Labute approximate surface area is 121 Å². The zero-order valence-corrected chi connectivity index (χ0v) is 12.1. The largest absolute Gasteiger partial charge is 0.385 e. The fourth-order valence-electron chi connectivity index (χ4n) is 2.06. The Kier molecular flexibility index (Phi) is 5.02. The van der Waals surface area contributed by atoms with E-state index in [1.807, 2.05) is 4.57 Å². The van der Waals surface area contributed by atoms with Crippen LogP contribution in [0.1, 0.15) is 12.2 Å². The van der Waals surface area contributed by atoms with Crippen molar-refractivity contribution in [2.24, 2.45) is 0 Å². The normalized spacial score (nSPS) is 11.4. The molecule has 19 heavy (non-hydrogen) atoms. The maximum Gasteiger partial charge on any atom is 0.144 e. The summed E-state index contributed by atoms with van der Waals surface area (Å²) >= 11 is 11.6. The first-order valence-electron chi connectivity index (χ1n) is 6.06. The Morgan fingerprint density at radius 1 is 1.42 bits per heavy atom. The van der Waals surface area contributed by atoms with Crippen LogP contribution in [0.3, 0.4) is 0 Å². The van der Waals surface area contributed by atoms with Crippen molar-refractivity contribution in [2.45, 2.75) is 19.4 Å². The number of alkyl halides is 1. The van der Waals surface area contributed by atoms with Crippen molar-refractivity contribution < 1.29 is 9.13 Å². The Morgan fingerprint density at radius 2 is 2.21 bits per heavy atom. The Balaban J connectivity index is 2.43. The van der Waals surface area contributed by atoms with E-state index in [0.29, 0.717) is 24.4 Å². The molecule has 0 aliphatic carbocycles. The van der Waals surface area contributed by atoms with Crippen molar-refractivity contribution in [1.82, 2.24) is 9.55 Å². The number of ether oxygens (including phenoxy) is 1. The quantitative estimate of drug-likeness (QED) is 0.602. The van der Waals surface area contributed by atoms with E-state index in [4.69, 9.17) is 27.9 Å². The fraction of sp³-hybridized carbons (Fsp3) is 0.462. The zero-order chi connectivity index (χ0) is 13.8. The molecule has 0 bridgehead atoms. The Morgan fingerprint density at radius 3 is 2.89 bits per heavy atom. The van der Waals surface area contributed by atoms with E-state index in [1.54, 1.807) is 13.2 Å². The lowest BCUT2D eigenvalue weighted by Crippen LogP contribution is -2.07. The third-order valence-corrected chi connectivity index (χ3v) is 3.40. The van der Waals surface area contributed by atoms with Crippen molar-refractivity contribution in [2.75, 3.05) is 19.6 Å². The third kappa shape index (κ3) is 3.19. The van der Waals surface area contributed by atoms with E-state index in [1.165, 1.54) is 6.07 Å². The molecule has 1 aromatic carbocycles. The van der Waals surface area contributed by atoms with Gasteiger partial charge in [0.25, 0.3) is 0 Å². The molecule has 0 unspecified atom stereocenters. The standard InChI is InChI=1S/C13H15Cl2FN2O/c1-19-6-2-5-18-12-8-10(16)9(15)7-11(12)17-13(18)3-4-14/h7-8H,2-6H2,1H3. The van der Waals surface area contributed by atoms with Crippen LogP contribution in [-0.2, 0) is 17.7 Å². The van der Waals surface area contributed by atoms with E-state index in [0.717, 1.165) is 24.3 Å². The minimum absolute atomic E-state index is 0.0893. The van der Waals surface area contributed by atoms with Gasteiger partial charge in [0.15, 0.2) is 0 Å². The van der Waals surface area contributed by atoms with E-state index in [2.05, 4.69) is 4.98 Å². The molecule has 0 spiro atoms. The SMILES string of the molecule is COCCCn1c(CCCl)nc2cc(Cl)c(F)cc21. The van der Waals surface area contributed by atoms with Crippen LogP contribution < -0.4 is 0 Å². The summed E-state index contributed by atoms with van der Waals surface area (Å²) in [7, 11) is 1.66. The summed E-state index contributed by atoms with van der Waals surface area (Å²) in [6, 6.07) is 2.98. The number of imidazole rings is 1. The summed E-state index contributed by atoms with van der Waals surface area (Å²) in [5.74, 6) is 0.895. The summed E-state index contributed by atoms with van der Waals surface area (Å²) in [6.07, 6.45) is 1.48. The molecule has 0 amide bonds. The first-order valence-corrected chi connectivity index (χ1v) is 6.97. The number of hydrogen-bond acceptors (Lipinski definition) is 2. The van der Waals surface area contributed by atoms with E-state index in [-0.39, 0.29) is 5.02 Å². The lowest BCUT2D eigenvalue weighted by Gasteiger charge is -2.08. The summed E-state index contributed by atoms with van der Waals surface area (Å²) in [4.78, 5) is 4.47. The smallest absolute Gasteiger partial charge is 0.144 e. The molecule has 2 aromatic rings. The molecule has 0 aliphatic rings. The minimum Gasteiger partial charge on any atom is -0.385 e. The van der Waals surface area contributed by atoms with Gasteiger partial charge in [-0.15, -0.1) is 11.6 Å². The van der Waals surface area contributed by atoms with Gasteiger partial charge in [0.2, 0.25) is 0 Å². The molecule has 2 rings (SSSR count). The van der Waals surface area contributed by atoms with Gasteiger partial charge >= 0.3 is 0 Å². The number of fused-ring (bicyclic) bond motifs is 1. The van der Waals surface area contributed by atoms with Gasteiger partial charge in [-0.05, 0) is 12.5 Å². The van der Waals surface area contributed by atoms with Gasteiger partial charge in [0.05, 0.1) is 16.1 Å². The van der Waals surface area contributed by atoms with Crippen LogP contribution in [0.5, 0.6) is 0 Å². The van der Waals surface area contributed by atoms with E-state index < -0.39 is 5.82 Å². The number of aryl methyl sites for hydroxylation is 2. The second kappa shape index (κ2) is 6.55. The molecule has 104 valence electrons. The van der Waals surface area contributed by atoms with Crippen LogP contribution in [-0.4, -0.2) is 29.1 Å². The number of rotatable bonds is 6. The third-order valence-electron chi connectivity index (χ3n) is 2.92. The topological polar surface area (TPSA) is 27.1 Å². The molecule has 0 atom stereocenters. The number of aromatic nitrogens is 2. The lowest BCUT2D eigenvalue weighted by atomic mass is 10.3. The van der Waals surface area contributed by atoms with E-state index in [9.17, 15) is 4.39 Å². The van der Waals surface area contributed by atoms with Crippen LogP contribution in [0.25, 0.3) is 11.0 Å². The molecule has 0 saturated heterocycles. The molecule has 0 radical (unpaired) electrons. The highest BCUT2D eigenvalue weighted by atomic mass is 35.5. The summed E-state index contributed by atoms with van der Waals surface area (Å²) in [6.45, 7) is 1.37.